The van der Waals surface area contributed by atoms with Crippen LogP contribution in [0, 0.1) is 5.41 Å². The van der Waals surface area contributed by atoms with Gasteiger partial charge in [0, 0.05) is 6.54 Å². The third-order valence-electron chi connectivity index (χ3n) is 3.94. The predicted molar refractivity (Wildman–Crippen MR) is 75.1 cm³/mol. The maximum Gasteiger partial charge on any atom is 0.416 e. The Hall–Kier alpha value is -1.30. The number of alkyl halides is 3. The molecule has 1 fully saturated rings. The van der Waals surface area contributed by atoms with Crippen LogP contribution in [-0.4, -0.2) is 11.5 Å². The highest BCUT2D eigenvalue weighted by molar-refractivity contribution is 7.22. The van der Waals surface area contributed by atoms with Gasteiger partial charge in [-0.05, 0) is 36.5 Å². The number of fused-ring (bicyclic) bond motifs is 1. The predicted octanol–water partition coefficient (Wildman–Crippen LogP) is 4.92. The van der Waals surface area contributed by atoms with E-state index < -0.39 is 11.7 Å². The van der Waals surface area contributed by atoms with Crippen LogP contribution in [0.25, 0.3) is 10.2 Å². The van der Waals surface area contributed by atoms with Crippen molar-refractivity contribution in [3.63, 3.8) is 0 Å². The molecular formula is C14H15F3N2S. The summed E-state index contributed by atoms with van der Waals surface area (Å²) >= 11 is 1.40. The van der Waals surface area contributed by atoms with Gasteiger partial charge < -0.3 is 5.32 Å². The molecule has 6 heteroatoms. The van der Waals surface area contributed by atoms with Crippen LogP contribution in [0.4, 0.5) is 18.3 Å². The van der Waals surface area contributed by atoms with Crippen LogP contribution in [0.5, 0.6) is 0 Å². The molecule has 3 rings (SSSR count). The van der Waals surface area contributed by atoms with E-state index in [1.54, 1.807) is 0 Å². The van der Waals surface area contributed by atoms with Crippen LogP contribution in [0.15, 0.2) is 18.2 Å². The Morgan fingerprint density at radius 1 is 1.35 bits per heavy atom. The molecule has 1 aromatic carbocycles. The smallest absolute Gasteiger partial charge is 0.361 e. The Morgan fingerprint density at radius 3 is 2.70 bits per heavy atom. The molecule has 1 heterocycles. The summed E-state index contributed by atoms with van der Waals surface area (Å²) in [5, 5.41) is 3.96. The average molecular weight is 300 g/mol. The zero-order chi connectivity index (χ0) is 14.4. The van der Waals surface area contributed by atoms with Crippen molar-refractivity contribution in [2.75, 3.05) is 11.9 Å². The second kappa shape index (κ2) is 4.62. The Bertz CT molecular complexity index is 629. The lowest BCUT2D eigenvalue weighted by atomic mass is 9.70. The van der Waals surface area contributed by atoms with Crippen molar-refractivity contribution < 1.29 is 13.2 Å². The zero-order valence-corrected chi connectivity index (χ0v) is 11.9. The Balaban J connectivity index is 1.80. The van der Waals surface area contributed by atoms with E-state index in [2.05, 4.69) is 17.2 Å². The summed E-state index contributed by atoms with van der Waals surface area (Å²) in [7, 11) is 0. The van der Waals surface area contributed by atoms with Gasteiger partial charge in [-0.15, -0.1) is 0 Å². The Kier molecular flexibility index (Phi) is 3.16. The number of hydrogen-bond donors (Lipinski definition) is 1. The number of thiazole rings is 1. The number of aromatic nitrogens is 1. The number of hydrogen-bond acceptors (Lipinski definition) is 3. The van der Waals surface area contributed by atoms with Crippen LogP contribution in [0.2, 0.25) is 0 Å². The van der Waals surface area contributed by atoms with Crippen molar-refractivity contribution in [3.8, 4) is 0 Å². The molecule has 1 N–H and O–H groups in total. The maximum atomic E-state index is 12.6. The second-order valence-electron chi connectivity index (χ2n) is 5.72. The zero-order valence-electron chi connectivity index (χ0n) is 11.0. The van der Waals surface area contributed by atoms with Crippen molar-refractivity contribution in [3.05, 3.63) is 23.8 Å². The maximum absolute atomic E-state index is 12.6. The number of nitrogens with zero attached hydrogens (tertiary/aromatic N) is 1. The van der Waals surface area contributed by atoms with Crippen LogP contribution in [0.3, 0.4) is 0 Å². The van der Waals surface area contributed by atoms with E-state index in [0.29, 0.717) is 16.1 Å². The van der Waals surface area contributed by atoms with Crippen molar-refractivity contribution >= 4 is 26.7 Å². The summed E-state index contributed by atoms with van der Waals surface area (Å²) in [6, 6.07) is 3.71. The highest BCUT2D eigenvalue weighted by Crippen LogP contribution is 2.41. The van der Waals surface area contributed by atoms with E-state index in [0.717, 1.165) is 23.4 Å². The lowest BCUT2D eigenvalue weighted by Crippen LogP contribution is -2.33. The van der Waals surface area contributed by atoms with Gasteiger partial charge in [0.1, 0.15) is 0 Å². The topological polar surface area (TPSA) is 24.9 Å². The molecule has 0 spiro atoms. The van der Waals surface area contributed by atoms with Crippen LogP contribution >= 0.6 is 11.3 Å². The summed E-state index contributed by atoms with van der Waals surface area (Å²) in [5.74, 6) is 0. The molecule has 1 aliphatic carbocycles. The molecule has 20 heavy (non-hydrogen) atoms. The van der Waals surface area contributed by atoms with Crippen LogP contribution in [-0.2, 0) is 6.18 Å². The molecule has 1 aliphatic rings. The van der Waals surface area contributed by atoms with Gasteiger partial charge in [-0.25, -0.2) is 4.98 Å². The first-order valence-electron chi connectivity index (χ1n) is 6.57. The molecule has 0 amide bonds. The second-order valence-corrected chi connectivity index (χ2v) is 6.75. The highest BCUT2D eigenvalue weighted by atomic mass is 32.1. The van der Waals surface area contributed by atoms with Crippen molar-refractivity contribution in [1.29, 1.82) is 0 Å². The van der Waals surface area contributed by atoms with E-state index in [4.69, 9.17) is 0 Å². The molecule has 0 atom stereocenters. The van der Waals surface area contributed by atoms with Gasteiger partial charge >= 0.3 is 6.18 Å². The van der Waals surface area contributed by atoms with E-state index in [9.17, 15) is 13.2 Å². The van der Waals surface area contributed by atoms with Crippen LogP contribution in [0.1, 0.15) is 31.7 Å². The largest absolute Gasteiger partial charge is 0.416 e. The first-order valence-corrected chi connectivity index (χ1v) is 7.39. The molecule has 1 saturated carbocycles. The molecule has 0 unspecified atom stereocenters. The Morgan fingerprint density at radius 2 is 2.10 bits per heavy atom. The third kappa shape index (κ3) is 2.61. The molecule has 108 valence electrons. The van der Waals surface area contributed by atoms with E-state index in [1.807, 2.05) is 0 Å². The SMILES string of the molecule is CC1(CNc2nc3cc(C(F)(F)F)ccc3s2)CCC1. The monoisotopic (exact) mass is 300 g/mol. The average Bonchev–Trinajstić information content (AvgIpc) is 2.74. The molecule has 0 bridgehead atoms. The Labute approximate surface area is 119 Å². The minimum Gasteiger partial charge on any atom is -0.361 e. The summed E-state index contributed by atoms with van der Waals surface area (Å²) in [6.45, 7) is 3.05. The summed E-state index contributed by atoms with van der Waals surface area (Å²) < 4.78 is 38.7. The molecule has 1 aromatic heterocycles. The lowest BCUT2D eigenvalue weighted by molar-refractivity contribution is -0.137. The van der Waals surface area contributed by atoms with Crippen molar-refractivity contribution in [1.82, 2.24) is 4.98 Å². The normalized spacial score (nSPS) is 18.0. The van der Waals surface area contributed by atoms with Gasteiger partial charge in [0.15, 0.2) is 5.13 Å². The quantitative estimate of drug-likeness (QED) is 0.870. The fourth-order valence-corrected chi connectivity index (χ4v) is 3.27. The van der Waals surface area contributed by atoms with E-state index in [-0.39, 0.29) is 0 Å². The van der Waals surface area contributed by atoms with Gasteiger partial charge in [-0.3, -0.25) is 0 Å². The molecule has 0 saturated heterocycles. The lowest BCUT2D eigenvalue weighted by Gasteiger charge is -2.38. The van der Waals surface area contributed by atoms with Crippen molar-refractivity contribution in [2.45, 2.75) is 32.4 Å². The van der Waals surface area contributed by atoms with Crippen LogP contribution < -0.4 is 5.32 Å². The molecule has 0 radical (unpaired) electrons. The number of benzene rings is 1. The first-order chi connectivity index (χ1) is 9.36. The van der Waals surface area contributed by atoms with Gasteiger partial charge in [-0.1, -0.05) is 24.7 Å². The standard InChI is InChI=1S/C14H15F3N2S/c1-13(5-2-6-13)8-18-12-19-10-7-9(14(15,16)17)3-4-11(10)20-12/h3-4,7H,2,5-6,8H2,1H3,(H,18,19). The number of halogens is 3. The number of rotatable bonds is 3. The summed E-state index contributed by atoms with van der Waals surface area (Å²) in [5.41, 5.74) is 0.0773. The number of nitrogens with one attached hydrogen (secondary N) is 1. The van der Waals surface area contributed by atoms with E-state index in [1.165, 1.54) is 36.7 Å². The summed E-state index contributed by atoms with van der Waals surface area (Å²) in [6.07, 6.45) is -0.663. The summed E-state index contributed by atoms with van der Waals surface area (Å²) in [4.78, 5) is 4.26. The third-order valence-corrected chi connectivity index (χ3v) is 4.94. The van der Waals surface area contributed by atoms with E-state index >= 15 is 0 Å². The number of anilines is 1. The van der Waals surface area contributed by atoms with Gasteiger partial charge in [0.05, 0.1) is 15.8 Å². The fourth-order valence-electron chi connectivity index (χ4n) is 2.43. The van der Waals surface area contributed by atoms with Gasteiger partial charge in [0.25, 0.3) is 0 Å². The molecule has 0 aliphatic heterocycles. The molecule has 2 aromatic rings. The highest BCUT2D eigenvalue weighted by Gasteiger charge is 2.32. The molecule has 2 nitrogen and oxygen atoms in total. The first kappa shape index (κ1) is 13.7. The minimum absolute atomic E-state index is 0.314. The molecular weight excluding hydrogens is 285 g/mol. The van der Waals surface area contributed by atoms with Gasteiger partial charge in [-0.2, -0.15) is 13.2 Å². The fraction of sp³-hybridized carbons (Fsp3) is 0.500. The van der Waals surface area contributed by atoms with Gasteiger partial charge in [0.2, 0.25) is 0 Å². The van der Waals surface area contributed by atoms with Crippen molar-refractivity contribution in [2.24, 2.45) is 5.41 Å². The minimum atomic E-state index is -4.31.